The molecule has 1 aliphatic heterocycles. The Morgan fingerprint density at radius 3 is 2.71 bits per heavy atom. The van der Waals surface area contributed by atoms with E-state index < -0.39 is 5.97 Å². The van der Waals surface area contributed by atoms with E-state index in [-0.39, 0.29) is 35.6 Å². The number of hydrogen-bond acceptors (Lipinski definition) is 4. The molecule has 0 aromatic carbocycles. The Morgan fingerprint density at radius 1 is 1.52 bits per heavy atom. The van der Waals surface area contributed by atoms with Crippen LogP contribution in [0.5, 0.6) is 0 Å². The molecule has 0 saturated carbocycles. The van der Waals surface area contributed by atoms with E-state index >= 15 is 0 Å². The third-order valence-electron chi connectivity index (χ3n) is 3.45. The highest BCUT2D eigenvalue weighted by Crippen LogP contribution is 2.21. The Morgan fingerprint density at radius 2 is 2.19 bits per heavy atom. The molecule has 0 bridgehead atoms. The number of halogens is 1. The SMILES string of the molecule is Cn1cc(Cl)c(C(=O)N(CCC(=O)O)C2CCOCC2)n1. The van der Waals surface area contributed by atoms with Crippen LogP contribution >= 0.6 is 11.6 Å². The second kappa shape index (κ2) is 6.91. The summed E-state index contributed by atoms with van der Waals surface area (Å²) in [6.07, 6.45) is 2.83. The van der Waals surface area contributed by atoms with Crippen molar-refractivity contribution in [3.63, 3.8) is 0 Å². The van der Waals surface area contributed by atoms with Gasteiger partial charge in [0, 0.05) is 39.0 Å². The van der Waals surface area contributed by atoms with E-state index in [9.17, 15) is 9.59 Å². The maximum absolute atomic E-state index is 12.6. The van der Waals surface area contributed by atoms with Crippen LogP contribution in [0.25, 0.3) is 0 Å². The average Bonchev–Trinajstić information content (AvgIpc) is 2.78. The van der Waals surface area contributed by atoms with Gasteiger partial charge in [0.1, 0.15) is 0 Å². The second-order valence-electron chi connectivity index (χ2n) is 4.99. The van der Waals surface area contributed by atoms with Gasteiger partial charge in [-0.15, -0.1) is 0 Å². The van der Waals surface area contributed by atoms with Crippen LogP contribution in [0.1, 0.15) is 29.8 Å². The molecule has 1 aromatic heterocycles. The van der Waals surface area contributed by atoms with Crippen LogP contribution in [-0.4, -0.2) is 57.5 Å². The van der Waals surface area contributed by atoms with Gasteiger partial charge in [-0.25, -0.2) is 0 Å². The smallest absolute Gasteiger partial charge is 0.305 e. The van der Waals surface area contributed by atoms with Crippen molar-refractivity contribution in [2.75, 3.05) is 19.8 Å². The van der Waals surface area contributed by atoms with Crippen molar-refractivity contribution in [3.05, 3.63) is 16.9 Å². The summed E-state index contributed by atoms with van der Waals surface area (Å²) in [5.74, 6) is -1.26. The molecule has 0 radical (unpaired) electrons. The van der Waals surface area contributed by atoms with Gasteiger partial charge in [-0.05, 0) is 12.8 Å². The molecule has 1 N–H and O–H groups in total. The fourth-order valence-electron chi connectivity index (χ4n) is 2.40. The van der Waals surface area contributed by atoms with Crippen molar-refractivity contribution in [1.29, 1.82) is 0 Å². The zero-order valence-electron chi connectivity index (χ0n) is 11.8. The van der Waals surface area contributed by atoms with Crippen molar-refractivity contribution in [2.45, 2.75) is 25.3 Å². The van der Waals surface area contributed by atoms with Gasteiger partial charge in [-0.3, -0.25) is 14.3 Å². The third-order valence-corrected chi connectivity index (χ3v) is 3.72. The lowest BCUT2D eigenvalue weighted by molar-refractivity contribution is -0.137. The molecule has 1 amide bonds. The highest BCUT2D eigenvalue weighted by atomic mass is 35.5. The van der Waals surface area contributed by atoms with Gasteiger partial charge >= 0.3 is 5.97 Å². The molecule has 0 spiro atoms. The van der Waals surface area contributed by atoms with E-state index in [0.29, 0.717) is 26.1 Å². The molecule has 1 saturated heterocycles. The molecule has 116 valence electrons. The fourth-order valence-corrected chi connectivity index (χ4v) is 2.66. The Bertz CT molecular complexity index is 525. The highest BCUT2D eigenvalue weighted by Gasteiger charge is 2.29. The number of aromatic nitrogens is 2. The molecule has 0 unspecified atom stereocenters. The Hall–Kier alpha value is -1.60. The van der Waals surface area contributed by atoms with Crippen LogP contribution in [0, 0.1) is 0 Å². The molecule has 8 heteroatoms. The fraction of sp³-hybridized carbons (Fsp3) is 0.615. The lowest BCUT2D eigenvalue weighted by Gasteiger charge is -2.33. The number of hydrogen-bond donors (Lipinski definition) is 1. The van der Waals surface area contributed by atoms with Crippen LogP contribution in [-0.2, 0) is 16.6 Å². The maximum atomic E-state index is 12.6. The molecule has 1 aliphatic rings. The maximum Gasteiger partial charge on any atom is 0.305 e. The minimum atomic E-state index is -0.938. The Labute approximate surface area is 127 Å². The number of ether oxygens (including phenoxy) is 1. The molecule has 1 fully saturated rings. The van der Waals surface area contributed by atoms with Crippen molar-refractivity contribution in [2.24, 2.45) is 7.05 Å². The summed E-state index contributed by atoms with van der Waals surface area (Å²) < 4.78 is 6.76. The Kier molecular flexibility index (Phi) is 5.19. The lowest BCUT2D eigenvalue weighted by Crippen LogP contribution is -2.44. The van der Waals surface area contributed by atoms with Gasteiger partial charge in [-0.2, -0.15) is 5.10 Å². The van der Waals surface area contributed by atoms with Gasteiger partial charge in [0.25, 0.3) is 5.91 Å². The zero-order chi connectivity index (χ0) is 15.4. The van der Waals surface area contributed by atoms with E-state index in [4.69, 9.17) is 21.4 Å². The van der Waals surface area contributed by atoms with Gasteiger partial charge in [0.15, 0.2) is 5.69 Å². The van der Waals surface area contributed by atoms with Crippen molar-refractivity contribution in [1.82, 2.24) is 14.7 Å². The molecule has 2 heterocycles. The lowest BCUT2D eigenvalue weighted by atomic mass is 10.1. The van der Waals surface area contributed by atoms with Gasteiger partial charge in [0.2, 0.25) is 0 Å². The van der Waals surface area contributed by atoms with E-state index in [0.717, 1.165) is 0 Å². The summed E-state index contributed by atoms with van der Waals surface area (Å²) in [6, 6.07) is -0.0383. The van der Waals surface area contributed by atoms with E-state index in [1.165, 1.54) is 4.68 Å². The summed E-state index contributed by atoms with van der Waals surface area (Å²) in [5.41, 5.74) is 0.163. The Balaban J connectivity index is 2.18. The van der Waals surface area contributed by atoms with Crippen LogP contribution in [0.2, 0.25) is 5.02 Å². The minimum Gasteiger partial charge on any atom is -0.481 e. The zero-order valence-corrected chi connectivity index (χ0v) is 12.5. The molecular weight excluding hydrogens is 298 g/mol. The number of carboxylic acids is 1. The quantitative estimate of drug-likeness (QED) is 0.881. The number of carbonyl (C=O) groups excluding carboxylic acids is 1. The van der Waals surface area contributed by atoms with Crippen molar-refractivity contribution in [3.8, 4) is 0 Å². The highest BCUT2D eigenvalue weighted by molar-refractivity contribution is 6.33. The van der Waals surface area contributed by atoms with Crippen molar-refractivity contribution < 1.29 is 19.4 Å². The number of carbonyl (C=O) groups is 2. The molecule has 21 heavy (non-hydrogen) atoms. The number of amides is 1. The largest absolute Gasteiger partial charge is 0.481 e. The number of rotatable bonds is 5. The number of carboxylic acid groups (broad SMARTS) is 1. The first kappa shape index (κ1) is 15.8. The first-order valence-electron chi connectivity index (χ1n) is 6.78. The molecule has 0 aliphatic carbocycles. The summed E-state index contributed by atoms with van der Waals surface area (Å²) in [5, 5.41) is 13.2. The number of aryl methyl sites for hydroxylation is 1. The van der Waals surface area contributed by atoms with Gasteiger partial charge < -0.3 is 14.7 Å². The summed E-state index contributed by atoms with van der Waals surface area (Å²) in [4.78, 5) is 25.0. The van der Waals surface area contributed by atoms with Crippen molar-refractivity contribution >= 4 is 23.5 Å². The first-order valence-corrected chi connectivity index (χ1v) is 7.16. The normalized spacial score (nSPS) is 15.9. The summed E-state index contributed by atoms with van der Waals surface area (Å²) in [6.45, 7) is 1.28. The minimum absolute atomic E-state index is 0.0383. The standard InChI is InChI=1S/C13H18ClN3O4/c1-16-8-10(14)12(15-16)13(20)17(5-2-11(18)19)9-3-6-21-7-4-9/h8-9H,2-7H2,1H3,(H,18,19). The topological polar surface area (TPSA) is 84.7 Å². The van der Waals surface area contributed by atoms with Gasteiger partial charge in [0.05, 0.1) is 11.4 Å². The first-order chi connectivity index (χ1) is 9.99. The number of nitrogens with zero attached hydrogens (tertiary/aromatic N) is 3. The van der Waals surface area contributed by atoms with Crippen LogP contribution in [0.3, 0.4) is 0 Å². The summed E-state index contributed by atoms with van der Waals surface area (Å²) >= 11 is 6.01. The molecule has 1 aromatic rings. The van der Waals surface area contributed by atoms with Gasteiger partial charge in [-0.1, -0.05) is 11.6 Å². The predicted molar refractivity (Wildman–Crippen MR) is 75.3 cm³/mol. The molecule has 2 rings (SSSR count). The van der Waals surface area contributed by atoms with Crippen LogP contribution < -0.4 is 0 Å². The van der Waals surface area contributed by atoms with Crippen LogP contribution in [0.4, 0.5) is 0 Å². The average molecular weight is 316 g/mol. The molecule has 0 atom stereocenters. The predicted octanol–water partition coefficient (Wildman–Crippen LogP) is 1.17. The van der Waals surface area contributed by atoms with Crippen LogP contribution in [0.15, 0.2) is 6.20 Å². The second-order valence-corrected chi connectivity index (χ2v) is 5.39. The molecule has 7 nitrogen and oxygen atoms in total. The van der Waals surface area contributed by atoms with E-state index in [1.54, 1.807) is 18.1 Å². The third kappa shape index (κ3) is 3.95. The van der Waals surface area contributed by atoms with E-state index in [2.05, 4.69) is 5.10 Å². The number of aliphatic carboxylic acids is 1. The summed E-state index contributed by atoms with van der Waals surface area (Å²) in [7, 11) is 1.68. The molecular formula is C13H18ClN3O4. The monoisotopic (exact) mass is 315 g/mol. The van der Waals surface area contributed by atoms with E-state index in [1.807, 2.05) is 0 Å².